The minimum Gasteiger partial charge on any atom is -1.00 e. The predicted molar refractivity (Wildman–Crippen MR) is 158 cm³/mol. The molecule has 0 atom stereocenters. The molecular weight excluding hydrogens is 495 g/mol. The minimum atomic E-state index is 0. The third kappa shape index (κ3) is 24.5. The van der Waals surface area contributed by atoms with Gasteiger partial charge in [0.05, 0.1) is 54.9 Å². The van der Waals surface area contributed by atoms with E-state index in [0.717, 1.165) is 4.48 Å². The van der Waals surface area contributed by atoms with Crippen LogP contribution in [0.25, 0.3) is 0 Å². The fourth-order valence-electron chi connectivity index (χ4n) is 5.31. The Bertz CT molecular complexity index is 625. The summed E-state index contributed by atoms with van der Waals surface area (Å²) in [6, 6.07) is 8.87. The predicted octanol–water partition coefficient (Wildman–Crippen LogP) is 2.96. The molecule has 4 heteroatoms. The number of benzene rings is 1. The molecule has 220 valence electrons. The SMILES string of the molecule is Cc1ccccc1CCCCCCCCCCCCCCCCCC[N+](C)(C)CCC[N+](C)(C)C.[Cl-].[Cl-]. The van der Waals surface area contributed by atoms with E-state index in [4.69, 9.17) is 0 Å². The van der Waals surface area contributed by atoms with Gasteiger partial charge in [0.2, 0.25) is 0 Å². The van der Waals surface area contributed by atoms with E-state index in [1.165, 1.54) is 145 Å². The lowest BCUT2D eigenvalue weighted by molar-refractivity contribution is -0.902. The van der Waals surface area contributed by atoms with Crippen LogP contribution in [0.5, 0.6) is 0 Å². The molecule has 0 radical (unpaired) electrons. The van der Waals surface area contributed by atoms with Crippen molar-refractivity contribution >= 4 is 0 Å². The first-order valence-corrected chi connectivity index (χ1v) is 15.4. The average molecular weight is 560 g/mol. The largest absolute Gasteiger partial charge is 1.00 e. The van der Waals surface area contributed by atoms with Crippen LogP contribution < -0.4 is 24.8 Å². The fourth-order valence-corrected chi connectivity index (χ4v) is 5.31. The number of hydrogen-bond acceptors (Lipinski definition) is 0. The highest BCUT2D eigenvalue weighted by atomic mass is 35.5. The Balaban J connectivity index is 0. The average Bonchev–Trinajstić information content (AvgIpc) is 2.78. The van der Waals surface area contributed by atoms with Gasteiger partial charge in [-0.05, 0) is 43.7 Å². The zero-order chi connectivity index (χ0) is 25.8. The lowest BCUT2D eigenvalue weighted by atomic mass is 10.0. The summed E-state index contributed by atoms with van der Waals surface area (Å²) in [7, 11) is 11.7. The van der Waals surface area contributed by atoms with Crippen LogP contribution in [0.15, 0.2) is 24.3 Å². The van der Waals surface area contributed by atoms with E-state index in [1.807, 2.05) is 0 Å². The maximum absolute atomic E-state index is 2.42. The van der Waals surface area contributed by atoms with E-state index in [1.54, 1.807) is 5.56 Å². The standard InChI is InChI=1S/C33H64N2.2ClH/c1-32-26-22-23-28-33(32)27-21-19-17-15-13-11-9-7-8-10-12-14-16-18-20-24-30-35(5,6)31-25-29-34(2,3)4;;/h22-23,26,28H,7-21,24-25,27,29-31H2,1-6H3;2*1H/q+2;;/p-2. The Labute approximate surface area is 246 Å². The van der Waals surface area contributed by atoms with Crippen molar-refractivity contribution in [3.8, 4) is 0 Å². The maximum Gasteiger partial charge on any atom is 0.0836 e. The molecule has 0 fully saturated rings. The molecule has 0 spiro atoms. The quantitative estimate of drug-likeness (QED) is 0.143. The molecule has 0 N–H and O–H groups in total. The Morgan fingerprint density at radius 3 is 1.27 bits per heavy atom. The zero-order valence-electron chi connectivity index (χ0n) is 25.8. The highest BCUT2D eigenvalue weighted by Gasteiger charge is 2.16. The summed E-state index contributed by atoms with van der Waals surface area (Å²) in [6.07, 6.45) is 25.7. The summed E-state index contributed by atoms with van der Waals surface area (Å²) in [4.78, 5) is 0. The molecule has 0 aromatic heterocycles. The Kier molecular flexibility index (Phi) is 24.8. The summed E-state index contributed by atoms with van der Waals surface area (Å²) in [5.41, 5.74) is 3.01. The molecule has 1 aromatic carbocycles. The number of rotatable bonds is 23. The molecule has 0 heterocycles. The van der Waals surface area contributed by atoms with E-state index in [2.05, 4.69) is 66.4 Å². The lowest BCUT2D eigenvalue weighted by Crippen LogP contribution is -3.00. The van der Waals surface area contributed by atoms with Gasteiger partial charge >= 0.3 is 0 Å². The van der Waals surface area contributed by atoms with Crippen LogP contribution in [0, 0.1) is 6.92 Å². The van der Waals surface area contributed by atoms with Crippen LogP contribution >= 0.6 is 0 Å². The highest BCUT2D eigenvalue weighted by molar-refractivity contribution is 5.25. The smallest absolute Gasteiger partial charge is 0.0836 e. The van der Waals surface area contributed by atoms with Gasteiger partial charge in [-0.15, -0.1) is 0 Å². The van der Waals surface area contributed by atoms with Crippen LogP contribution in [0.4, 0.5) is 0 Å². The molecule has 0 saturated heterocycles. The second kappa shape index (κ2) is 23.6. The van der Waals surface area contributed by atoms with Crippen molar-refractivity contribution in [3.63, 3.8) is 0 Å². The molecular formula is C33H64Cl2N2. The fraction of sp³-hybridized carbons (Fsp3) is 0.818. The number of hydrogen-bond donors (Lipinski definition) is 0. The van der Waals surface area contributed by atoms with E-state index < -0.39 is 0 Å². The number of halogens is 2. The number of unbranched alkanes of at least 4 members (excludes halogenated alkanes) is 15. The van der Waals surface area contributed by atoms with Gasteiger partial charge in [-0.2, -0.15) is 0 Å². The summed E-state index contributed by atoms with van der Waals surface area (Å²) in [5.74, 6) is 0. The summed E-state index contributed by atoms with van der Waals surface area (Å²) >= 11 is 0. The molecule has 0 aliphatic rings. The van der Waals surface area contributed by atoms with E-state index in [-0.39, 0.29) is 24.8 Å². The summed E-state index contributed by atoms with van der Waals surface area (Å²) in [6.45, 7) is 6.21. The summed E-state index contributed by atoms with van der Waals surface area (Å²) in [5, 5.41) is 0. The van der Waals surface area contributed by atoms with Crippen molar-refractivity contribution in [2.24, 2.45) is 0 Å². The van der Waals surface area contributed by atoms with Gasteiger partial charge in [0, 0.05) is 6.42 Å². The normalized spacial score (nSPS) is 11.7. The van der Waals surface area contributed by atoms with Crippen molar-refractivity contribution < 1.29 is 33.8 Å². The Hall–Kier alpha value is -0.280. The molecule has 2 nitrogen and oxygen atoms in total. The van der Waals surface area contributed by atoms with Gasteiger partial charge in [0.15, 0.2) is 0 Å². The molecule has 0 unspecified atom stereocenters. The third-order valence-electron chi connectivity index (χ3n) is 7.81. The third-order valence-corrected chi connectivity index (χ3v) is 7.81. The van der Waals surface area contributed by atoms with Gasteiger partial charge < -0.3 is 33.8 Å². The van der Waals surface area contributed by atoms with Crippen molar-refractivity contribution in [1.82, 2.24) is 0 Å². The molecule has 0 aliphatic heterocycles. The van der Waals surface area contributed by atoms with E-state index in [0.29, 0.717) is 0 Å². The maximum atomic E-state index is 2.42. The van der Waals surface area contributed by atoms with Crippen LogP contribution in [-0.4, -0.2) is 63.8 Å². The first kappa shape index (κ1) is 38.9. The van der Waals surface area contributed by atoms with Crippen molar-refractivity contribution in [1.29, 1.82) is 0 Å². The Morgan fingerprint density at radius 2 is 0.838 bits per heavy atom. The van der Waals surface area contributed by atoms with Crippen LogP contribution in [0.1, 0.15) is 120 Å². The first-order chi connectivity index (χ1) is 16.7. The van der Waals surface area contributed by atoms with Gasteiger partial charge in [-0.1, -0.05) is 108 Å². The highest BCUT2D eigenvalue weighted by Crippen LogP contribution is 2.16. The number of nitrogens with zero attached hydrogens (tertiary/aromatic N) is 2. The molecule has 0 aliphatic carbocycles. The minimum absolute atomic E-state index is 0. The van der Waals surface area contributed by atoms with Crippen molar-refractivity contribution in [2.75, 3.05) is 54.9 Å². The van der Waals surface area contributed by atoms with Gasteiger partial charge in [-0.3, -0.25) is 0 Å². The topological polar surface area (TPSA) is 0 Å². The number of quaternary nitrogens is 2. The van der Waals surface area contributed by atoms with Gasteiger partial charge in [0.1, 0.15) is 0 Å². The van der Waals surface area contributed by atoms with Crippen LogP contribution in [0.3, 0.4) is 0 Å². The second-order valence-corrected chi connectivity index (χ2v) is 13.1. The first-order valence-electron chi connectivity index (χ1n) is 15.4. The van der Waals surface area contributed by atoms with E-state index in [9.17, 15) is 0 Å². The van der Waals surface area contributed by atoms with Crippen LogP contribution in [0.2, 0.25) is 0 Å². The molecule has 1 rings (SSSR count). The van der Waals surface area contributed by atoms with Gasteiger partial charge in [0.25, 0.3) is 0 Å². The van der Waals surface area contributed by atoms with Crippen molar-refractivity contribution in [3.05, 3.63) is 35.4 Å². The zero-order valence-corrected chi connectivity index (χ0v) is 27.3. The molecule has 1 aromatic rings. The molecule has 0 bridgehead atoms. The number of aryl methyl sites for hydroxylation is 2. The van der Waals surface area contributed by atoms with E-state index >= 15 is 0 Å². The van der Waals surface area contributed by atoms with Crippen LogP contribution in [-0.2, 0) is 6.42 Å². The second-order valence-electron chi connectivity index (χ2n) is 13.1. The van der Waals surface area contributed by atoms with Gasteiger partial charge in [-0.25, -0.2) is 0 Å². The molecule has 0 amide bonds. The Morgan fingerprint density at radius 1 is 0.459 bits per heavy atom. The molecule has 37 heavy (non-hydrogen) atoms. The van der Waals surface area contributed by atoms with Crippen molar-refractivity contribution in [2.45, 2.75) is 122 Å². The molecule has 0 saturated carbocycles. The monoisotopic (exact) mass is 558 g/mol. The summed E-state index contributed by atoms with van der Waals surface area (Å²) < 4.78 is 2.30. The lowest BCUT2D eigenvalue weighted by Gasteiger charge is -2.31.